The summed E-state index contributed by atoms with van der Waals surface area (Å²) in [5.41, 5.74) is 3.96. The first kappa shape index (κ1) is 21.3. The SMILES string of the molecule is O=C(NCCN1CCCC1)C1CCN(c2ccc(Cl)c(-c3nc4ccccc4[nH]3)c2)CC1. The Kier molecular flexibility index (Phi) is 6.32. The second-order valence-electron chi connectivity index (χ2n) is 8.87. The zero-order valence-electron chi connectivity index (χ0n) is 18.3. The van der Waals surface area contributed by atoms with Gasteiger partial charge in [0.2, 0.25) is 5.91 Å². The summed E-state index contributed by atoms with van der Waals surface area (Å²) < 4.78 is 0. The monoisotopic (exact) mass is 451 g/mol. The van der Waals surface area contributed by atoms with E-state index in [9.17, 15) is 4.79 Å². The van der Waals surface area contributed by atoms with Gasteiger partial charge in [0.1, 0.15) is 5.82 Å². The van der Waals surface area contributed by atoms with Gasteiger partial charge in [0.05, 0.1) is 16.1 Å². The maximum Gasteiger partial charge on any atom is 0.223 e. The van der Waals surface area contributed by atoms with Crippen molar-refractivity contribution >= 4 is 34.2 Å². The normalized spacial score (nSPS) is 17.8. The summed E-state index contributed by atoms with van der Waals surface area (Å²) in [6, 6.07) is 14.1. The highest BCUT2D eigenvalue weighted by Gasteiger charge is 2.25. The second kappa shape index (κ2) is 9.51. The molecule has 2 aromatic carbocycles. The first-order valence-corrected chi connectivity index (χ1v) is 12.0. The summed E-state index contributed by atoms with van der Waals surface area (Å²) in [4.78, 5) is 25.5. The number of aromatic amines is 1. The number of likely N-dealkylation sites (tertiary alicyclic amines) is 1. The number of benzene rings is 2. The summed E-state index contributed by atoms with van der Waals surface area (Å²) in [6.07, 6.45) is 4.32. The zero-order chi connectivity index (χ0) is 21.9. The van der Waals surface area contributed by atoms with E-state index in [1.165, 1.54) is 25.9 Å². The van der Waals surface area contributed by atoms with E-state index in [1.807, 2.05) is 30.3 Å². The van der Waals surface area contributed by atoms with Crippen LogP contribution in [0, 0.1) is 5.92 Å². The molecule has 2 aliphatic heterocycles. The minimum atomic E-state index is 0.104. The van der Waals surface area contributed by atoms with Crippen LogP contribution in [0.15, 0.2) is 42.5 Å². The Bertz CT molecular complexity index is 1050. The van der Waals surface area contributed by atoms with E-state index < -0.39 is 0 Å². The number of anilines is 1. The zero-order valence-corrected chi connectivity index (χ0v) is 19.1. The van der Waals surface area contributed by atoms with E-state index in [2.05, 4.69) is 32.2 Å². The number of piperidine rings is 1. The fourth-order valence-corrected chi connectivity index (χ4v) is 5.07. The van der Waals surface area contributed by atoms with Gasteiger partial charge in [-0.3, -0.25) is 4.79 Å². The number of halogens is 1. The predicted molar refractivity (Wildman–Crippen MR) is 130 cm³/mol. The summed E-state index contributed by atoms with van der Waals surface area (Å²) >= 11 is 6.52. The summed E-state index contributed by atoms with van der Waals surface area (Å²) in [5.74, 6) is 1.10. The van der Waals surface area contributed by atoms with Crippen LogP contribution in [0.25, 0.3) is 22.4 Å². The Labute approximate surface area is 194 Å². The Balaban J connectivity index is 1.20. The van der Waals surface area contributed by atoms with Crippen LogP contribution in [-0.2, 0) is 4.79 Å². The molecule has 7 heteroatoms. The van der Waals surface area contributed by atoms with Crippen molar-refractivity contribution in [3.05, 3.63) is 47.5 Å². The molecule has 0 radical (unpaired) electrons. The van der Waals surface area contributed by atoms with E-state index in [4.69, 9.17) is 16.6 Å². The third-order valence-electron chi connectivity index (χ3n) is 6.75. The van der Waals surface area contributed by atoms with E-state index in [0.29, 0.717) is 5.02 Å². The number of imidazole rings is 1. The maximum absolute atomic E-state index is 12.6. The topological polar surface area (TPSA) is 64.3 Å². The molecular formula is C25H30ClN5O. The Morgan fingerprint density at radius 1 is 1.09 bits per heavy atom. The van der Waals surface area contributed by atoms with Gasteiger partial charge in [-0.15, -0.1) is 0 Å². The van der Waals surface area contributed by atoms with Crippen molar-refractivity contribution in [3.63, 3.8) is 0 Å². The van der Waals surface area contributed by atoms with Crippen LogP contribution in [0.1, 0.15) is 25.7 Å². The van der Waals surface area contributed by atoms with E-state index in [-0.39, 0.29) is 11.8 Å². The third kappa shape index (κ3) is 4.62. The molecule has 32 heavy (non-hydrogen) atoms. The largest absolute Gasteiger partial charge is 0.371 e. The number of hydrogen-bond donors (Lipinski definition) is 2. The smallest absolute Gasteiger partial charge is 0.223 e. The molecule has 0 aliphatic carbocycles. The summed E-state index contributed by atoms with van der Waals surface area (Å²) in [7, 11) is 0. The molecule has 6 nitrogen and oxygen atoms in total. The quantitative estimate of drug-likeness (QED) is 0.586. The number of carbonyl (C=O) groups is 1. The lowest BCUT2D eigenvalue weighted by Crippen LogP contribution is -2.42. The molecular weight excluding hydrogens is 422 g/mol. The van der Waals surface area contributed by atoms with Gasteiger partial charge in [0.25, 0.3) is 0 Å². The minimum Gasteiger partial charge on any atom is -0.371 e. The van der Waals surface area contributed by atoms with Crippen LogP contribution in [0.3, 0.4) is 0 Å². The van der Waals surface area contributed by atoms with Gasteiger partial charge in [0.15, 0.2) is 0 Å². The highest BCUT2D eigenvalue weighted by molar-refractivity contribution is 6.33. The third-order valence-corrected chi connectivity index (χ3v) is 7.08. The molecule has 2 aliphatic rings. The Hall–Kier alpha value is -2.57. The molecule has 2 saturated heterocycles. The molecule has 0 unspecified atom stereocenters. The van der Waals surface area contributed by atoms with Crippen LogP contribution in [0.4, 0.5) is 5.69 Å². The number of nitrogens with one attached hydrogen (secondary N) is 2. The lowest BCUT2D eigenvalue weighted by molar-refractivity contribution is -0.125. The lowest BCUT2D eigenvalue weighted by Gasteiger charge is -2.33. The van der Waals surface area contributed by atoms with Crippen molar-refractivity contribution in [2.75, 3.05) is 44.2 Å². The van der Waals surface area contributed by atoms with Crippen LogP contribution in [0.2, 0.25) is 5.02 Å². The van der Waals surface area contributed by atoms with Crippen LogP contribution in [-0.4, -0.2) is 60.0 Å². The molecule has 168 valence electrons. The molecule has 3 aromatic rings. The lowest BCUT2D eigenvalue weighted by atomic mass is 9.95. The van der Waals surface area contributed by atoms with Gasteiger partial charge < -0.3 is 20.1 Å². The summed E-state index contributed by atoms with van der Waals surface area (Å²) in [6.45, 7) is 5.81. The van der Waals surface area contributed by atoms with Crippen molar-refractivity contribution in [2.24, 2.45) is 5.92 Å². The Morgan fingerprint density at radius 3 is 2.66 bits per heavy atom. The number of carbonyl (C=O) groups excluding carboxylic acids is 1. The Morgan fingerprint density at radius 2 is 1.88 bits per heavy atom. The molecule has 0 bridgehead atoms. The van der Waals surface area contributed by atoms with E-state index >= 15 is 0 Å². The van der Waals surface area contributed by atoms with Crippen molar-refractivity contribution in [2.45, 2.75) is 25.7 Å². The van der Waals surface area contributed by atoms with E-state index in [0.717, 1.165) is 67.1 Å². The van der Waals surface area contributed by atoms with Gasteiger partial charge in [-0.05, 0) is 69.1 Å². The second-order valence-corrected chi connectivity index (χ2v) is 9.28. The maximum atomic E-state index is 12.6. The molecule has 0 saturated carbocycles. The van der Waals surface area contributed by atoms with Crippen molar-refractivity contribution < 1.29 is 4.79 Å². The van der Waals surface area contributed by atoms with Crippen LogP contribution < -0.4 is 10.2 Å². The van der Waals surface area contributed by atoms with Crippen molar-refractivity contribution in [1.82, 2.24) is 20.2 Å². The first-order valence-electron chi connectivity index (χ1n) is 11.7. The number of fused-ring (bicyclic) bond motifs is 1. The number of hydrogen-bond acceptors (Lipinski definition) is 4. The number of H-pyrrole nitrogens is 1. The van der Waals surface area contributed by atoms with Crippen LogP contribution >= 0.6 is 11.6 Å². The van der Waals surface area contributed by atoms with Crippen molar-refractivity contribution in [1.29, 1.82) is 0 Å². The highest BCUT2D eigenvalue weighted by atomic mass is 35.5. The van der Waals surface area contributed by atoms with E-state index in [1.54, 1.807) is 0 Å². The average molecular weight is 452 g/mol. The standard InChI is InChI=1S/C25H30ClN5O/c26-21-8-7-19(17-20(21)24-28-22-5-1-2-6-23(22)29-24)31-14-9-18(10-15-31)25(32)27-11-16-30-12-3-4-13-30/h1-2,5-8,17-18H,3-4,9-16H2,(H,27,32)(H,28,29). The molecule has 0 atom stereocenters. The molecule has 1 amide bonds. The number of aromatic nitrogens is 2. The van der Waals surface area contributed by atoms with Gasteiger partial charge in [-0.2, -0.15) is 0 Å². The molecule has 2 N–H and O–H groups in total. The molecule has 5 rings (SSSR count). The number of para-hydroxylation sites is 2. The predicted octanol–water partition coefficient (Wildman–Crippen LogP) is 4.31. The highest BCUT2D eigenvalue weighted by Crippen LogP contribution is 2.33. The minimum absolute atomic E-state index is 0.104. The van der Waals surface area contributed by atoms with Gasteiger partial charge in [-0.25, -0.2) is 4.98 Å². The van der Waals surface area contributed by atoms with Crippen LogP contribution in [0.5, 0.6) is 0 Å². The molecule has 2 fully saturated rings. The van der Waals surface area contributed by atoms with Gasteiger partial charge in [0, 0.05) is 43.3 Å². The number of nitrogens with zero attached hydrogens (tertiary/aromatic N) is 3. The fourth-order valence-electron chi connectivity index (χ4n) is 4.86. The fraction of sp³-hybridized carbons (Fsp3) is 0.440. The van der Waals surface area contributed by atoms with Crippen molar-refractivity contribution in [3.8, 4) is 11.4 Å². The average Bonchev–Trinajstić information content (AvgIpc) is 3.49. The number of amides is 1. The molecule has 3 heterocycles. The molecule has 1 aromatic heterocycles. The number of rotatable bonds is 6. The molecule has 0 spiro atoms. The van der Waals surface area contributed by atoms with Gasteiger partial charge in [-0.1, -0.05) is 23.7 Å². The first-order chi connectivity index (χ1) is 15.7. The summed E-state index contributed by atoms with van der Waals surface area (Å²) in [5, 5.41) is 3.84. The van der Waals surface area contributed by atoms with Gasteiger partial charge >= 0.3 is 0 Å².